The third-order valence-electron chi connectivity index (χ3n) is 3.08. The van der Waals surface area contributed by atoms with Gasteiger partial charge in [0.1, 0.15) is 5.82 Å². The Hall–Kier alpha value is -0.0900. The second kappa shape index (κ2) is 5.72. The lowest BCUT2D eigenvalue weighted by molar-refractivity contribution is 0.566. The second-order valence-corrected chi connectivity index (χ2v) is 7.56. The SMILES string of the molecule is CSC(C)(C)Cn1c(CCl)nc2cc(Cl)c(Cl)cc21. The fourth-order valence-electron chi connectivity index (χ4n) is 1.89. The summed E-state index contributed by atoms with van der Waals surface area (Å²) in [5.74, 6) is 1.21. The van der Waals surface area contributed by atoms with E-state index >= 15 is 0 Å². The molecule has 1 heterocycles. The molecule has 2 aromatic rings. The van der Waals surface area contributed by atoms with Crippen LogP contribution >= 0.6 is 46.6 Å². The van der Waals surface area contributed by atoms with Gasteiger partial charge in [-0.3, -0.25) is 0 Å². The number of halogens is 3. The molecule has 2 nitrogen and oxygen atoms in total. The van der Waals surface area contributed by atoms with E-state index in [1.807, 2.05) is 17.8 Å². The molecule has 0 saturated heterocycles. The molecule has 2 rings (SSSR count). The minimum Gasteiger partial charge on any atom is -0.326 e. The fraction of sp³-hybridized carbons (Fsp3) is 0.462. The quantitative estimate of drug-likeness (QED) is 0.711. The number of aromatic nitrogens is 2. The summed E-state index contributed by atoms with van der Waals surface area (Å²) in [6.07, 6.45) is 2.10. The van der Waals surface area contributed by atoms with Crippen LogP contribution in [0.2, 0.25) is 10.0 Å². The van der Waals surface area contributed by atoms with Gasteiger partial charge in [0.05, 0.1) is 27.0 Å². The molecule has 6 heteroatoms. The van der Waals surface area contributed by atoms with Crippen molar-refractivity contribution in [3.05, 3.63) is 28.0 Å². The predicted octanol–water partition coefficient (Wildman–Crippen LogP) is 5.22. The van der Waals surface area contributed by atoms with Gasteiger partial charge in [-0.25, -0.2) is 4.98 Å². The highest BCUT2D eigenvalue weighted by molar-refractivity contribution is 7.99. The molecule has 104 valence electrons. The van der Waals surface area contributed by atoms with Crippen molar-refractivity contribution in [3.63, 3.8) is 0 Å². The summed E-state index contributed by atoms with van der Waals surface area (Å²) >= 11 is 19.9. The van der Waals surface area contributed by atoms with Gasteiger partial charge in [-0.2, -0.15) is 11.8 Å². The fourth-order valence-corrected chi connectivity index (χ4v) is 2.67. The molecule has 0 spiro atoms. The van der Waals surface area contributed by atoms with Crippen molar-refractivity contribution < 1.29 is 0 Å². The third-order valence-corrected chi connectivity index (χ3v) is 5.28. The van der Waals surface area contributed by atoms with Crippen LogP contribution in [0.25, 0.3) is 11.0 Å². The highest BCUT2D eigenvalue weighted by atomic mass is 35.5. The average Bonchev–Trinajstić information content (AvgIpc) is 2.67. The molecule has 0 radical (unpaired) electrons. The van der Waals surface area contributed by atoms with Gasteiger partial charge in [-0.05, 0) is 32.2 Å². The zero-order valence-corrected chi connectivity index (χ0v) is 14.1. The lowest BCUT2D eigenvalue weighted by Crippen LogP contribution is -2.23. The molecule has 1 aromatic heterocycles. The number of rotatable bonds is 4. The van der Waals surface area contributed by atoms with E-state index in [1.165, 1.54) is 0 Å². The molecular formula is C13H15Cl3N2S. The molecule has 19 heavy (non-hydrogen) atoms. The molecule has 0 saturated carbocycles. The second-order valence-electron chi connectivity index (χ2n) is 4.97. The number of hydrogen-bond acceptors (Lipinski definition) is 2. The number of thioether (sulfide) groups is 1. The number of benzene rings is 1. The number of nitrogens with zero attached hydrogens (tertiary/aromatic N) is 2. The molecule has 0 aliphatic carbocycles. The molecule has 0 amide bonds. The van der Waals surface area contributed by atoms with E-state index in [4.69, 9.17) is 34.8 Å². The van der Waals surface area contributed by atoms with E-state index in [2.05, 4.69) is 29.7 Å². The number of imidazole rings is 1. The zero-order chi connectivity index (χ0) is 14.2. The average molecular weight is 338 g/mol. The van der Waals surface area contributed by atoms with Crippen LogP contribution in [0.15, 0.2) is 12.1 Å². The first-order valence-corrected chi connectivity index (χ1v) is 8.35. The normalized spacial score (nSPS) is 12.3. The van der Waals surface area contributed by atoms with Crippen molar-refractivity contribution in [1.29, 1.82) is 0 Å². The Balaban J connectivity index is 2.60. The first-order chi connectivity index (χ1) is 8.88. The number of fused-ring (bicyclic) bond motifs is 1. The number of hydrogen-bond donors (Lipinski definition) is 0. The van der Waals surface area contributed by atoms with Gasteiger partial charge in [0.15, 0.2) is 0 Å². The summed E-state index contributed by atoms with van der Waals surface area (Å²) < 4.78 is 2.22. The maximum Gasteiger partial charge on any atom is 0.124 e. The van der Waals surface area contributed by atoms with Crippen LogP contribution in [-0.2, 0) is 12.4 Å². The first kappa shape index (κ1) is 15.3. The van der Waals surface area contributed by atoms with E-state index in [-0.39, 0.29) is 4.75 Å². The Bertz CT molecular complexity index is 607. The Morgan fingerprint density at radius 1 is 1.26 bits per heavy atom. The van der Waals surface area contributed by atoms with Crippen LogP contribution in [0.3, 0.4) is 0 Å². The van der Waals surface area contributed by atoms with E-state index in [1.54, 1.807) is 6.07 Å². The van der Waals surface area contributed by atoms with E-state index in [0.717, 1.165) is 23.4 Å². The maximum atomic E-state index is 6.11. The monoisotopic (exact) mass is 336 g/mol. The number of alkyl halides is 1. The smallest absolute Gasteiger partial charge is 0.124 e. The van der Waals surface area contributed by atoms with Gasteiger partial charge >= 0.3 is 0 Å². The molecule has 0 bridgehead atoms. The van der Waals surface area contributed by atoms with Gasteiger partial charge in [0, 0.05) is 11.3 Å². The third kappa shape index (κ3) is 3.15. The Kier molecular flexibility index (Phi) is 4.61. The molecule has 0 aliphatic rings. The van der Waals surface area contributed by atoms with Crippen molar-refractivity contribution in [2.75, 3.05) is 6.26 Å². The summed E-state index contributed by atoms with van der Waals surface area (Å²) in [6, 6.07) is 3.65. The summed E-state index contributed by atoms with van der Waals surface area (Å²) in [5.41, 5.74) is 1.81. The van der Waals surface area contributed by atoms with Crippen molar-refractivity contribution in [2.24, 2.45) is 0 Å². The predicted molar refractivity (Wildman–Crippen MR) is 86.9 cm³/mol. The summed E-state index contributed by atoms with van der Waals surface area (Å²) in [6.45, 7) is 5.21. The van der Waals surface area contributed by atoms with Crippen molar-refractivity contribution >= 4 is 57.6 Å². The van der Waals surface area contributed by atoms with Crippen LogP contribution < -0.4 is 0 Å². The molecule has 0 N–H and O–H groups in total. The molecule has 0 aliphatic heterocycles. The highest BCUT2D eigenvalue weighted by Gasteiger charge is 2.21. The molecular weight excluding hydrogens is 323 g/mol. The lowest BCUT2D eigenvalue weighted by atomic mass is 10.2. The molecule has 0 atom stereocenters. The van der Waals surface area contributed by atoms with Crippen molar-refractivity contribution in [3.8, 4) is 0 Å². The van der Waals surface area contributed by atoms with Crippen molar-refractivity contribution in [2.45, 2.75) is 31.0 Å². The Morgan fingerprint density at radius 3 is 2.47 bits per heavy atom. The van der Waals surface area contributed by atoms with Gasteiger partial charge in [-0.1, -0.05) is 23.2 Å². The van der Waals surface area contributed by atoms with Crippen LogP contribution in [-0.4, -0.2) is 20.6 Å². The van der Waals surface area contributed by atoms with Gasteiger partial charge in [0.25, 0.3) is 0 Å². The van der Waals surface area contributed by atoms with Gasteiger partial charge in [0.2, 0.25) is 0 Å². The molecule has 0 unspecified atom stereocenters. The standard InChI is InChI=1S/C13H15Cl3N2S/c1-13(2,19-3)7-18-11-5-9(16)8(15)4-10(11)17-12(18)6-14/h4-5H,6-7H2,1-3H3. The summed E-state index contributed by atoms with van der Waals surface area (Å²) in [5, 5.41) is 1.06. The zero-order valence-electron chi connectivity index (χ0n) is 11.0. The Labute approximate surface area is 132 Å². The summed E-state index contributed by atoms with van der Waals surface area (Å²) in [7, 11) is 0. The molecule has 0 fully saturated rings. The van der Waals surface area contributed by atoms with Gasteiger partial charge < -0.3 is 4.57 Å². The minimum atomic E-state index is 0.0978. The van der Waals surface area contributed by atoms with E-state index in [9.17, 15) is 0 Å². The minimum absolute atomic E-state index is 0.0978. The van der Waals surface area contributed by atoms with Crippen LogP contribution in [0.4, 0.5) is 0 Å². The van der Waals surface area contributed by atoms with Gasteiger partial charge in [-0.15, -0.1) is 11.6 Å². The van der Waals surface area contributed by atoms with Crippen molar-refractivity contribution in [1.82, 2.24) is 9.55 Å². The lowest BCUT2D eigenvalue weighted by Gasteiger charge is -2.24. The largest absolute Gasteiger partial charge is 0.326 e. The topological polar surface area (TPSA) is 17.8 Å². The van der Waals surface area contributed by atoms with Crippen LogP contribution in [0.5, 0.6) is 0 Å². The maximum absolute atomic E-state index is 6.11. The summed E-state index contributed by atoms with van der Waals surface area (Å²) in [4.78, 5) is 4.53. The van der Waals surface area contributed by atoms with Crippen LogP contribution in [0, 0.1) is 0 Å². The Morgan fingerprint density at radius 2 is 1.89 bits per heavy atom. The molecule has 1 aromatic carbocycles. The van der Waals surface area contributed by atoms with E-state index < -0.39 is 0 Å². The van der Waals surface area contributed by atoms with Crippen LogP contribution in [0.1, 0.15) is 19.7 Å². The van der Waals surface area contributed by atoms with E-state index in [0.29, 0.717) is 15.9 Å². The first-order valence-electron chi connectivity index (χ1n) is 5.83. The highest BCUT2D eigenvalue weighted by Crippen LogP contribution is 2.31.